The maximum atomic E-state index is 2.55. The van der Waals surface area contributed by atoms with Gasteiger partial charge in [-0.15, -0.1) is 0 Å². The third-order valence-electron chi connectivity index (χ3n) is 7.33. The van der Waals surface area contributed by atoms with Gasteiger partial charge in [-0.1, -0.05) is 133 Å². The molecule has 0 radical (unpaired) electrons. The molecule has 0 aromatic heterocycles. The fraction of sp³-hybridized carbons (Fsp3) is 0. The van der Waals surface area contributed by atoms with Gasteiger partial charge in [0.1, 0.15) is 0 Å². The molecule has 7 rings (SSSR count). The van der Waals surface area contributed by atoms with E-state index in [0.29, 0.717) is 0 Å². The van der Waals surface area contributed by atoms with Gasteiger partial charge in [-0.3, -0.25) is 0 Å². The summed E-state index contributed by atoms with van der Waals surface area (Å²) in [4.78, 5) is 0. The van der Waals surface area contributed by atoms with Gasteiger partial charge in [0.2, 0.25) is 0 Å². The second-order valence-electron chi connectivity index (χ2n) is 9.47. The quantitative estimate of drug-likeness (QED) is 0.144. The van der Waals surface area contributed by atoms with Crippen molar-refractivity contribution in [1.29, 1.82) is 0 Å². The van der Waals surface area contributed by atoms with Gasteiger partial charge in [0.05, 0.1) is 0 Å². The van der Waals surface area contributed by atoms with Gasteiger partial charge < -0.3 is 0 Å². The highest BCUT2D eigenvalue weighted by Crippen LogP contribution is 2.43. The summed E-state index contributed by atoms with van der Waals surface area (Å²) in [6.07, 6.45) is 0. The Bertz CT molecular complexity index is 1920. The summed E-state index contributed by atoms with van der Waals surface area (Å²) in [5.41, 5.74) is 7.55. The molecule has 0 bridgehead atoms. The van der Waals surface area contributed by atoms with Crippen LogP contribution < -0.4 is 0 Å². The summed E-state index contributed by atoms with van der Waals surface area (Å²) in [5, 5.41) is 7.76. The van der Waals surface area contributed by atoms with Crippen molar-refractivity contribution < 1.29 is 0 Å². The zero-order valence-corrected chi connectivity index (χ0v) is 22.3. The summed E-state index contributed by atoms with van der Waals surface area (Å²) >= 11 is 2.55. The maximum Gasteiger partial charge on any atom is 0.0293 e. The van der Waals surface area contributed by atoms with Crippen molar-refractivity contribution in [2.24, 2.45) is 0 Å². The lowest BCUT2D eigenvalue weighted by Gasteiger charge is -2.17. The molecule has 0 fully saturated rings. The largest absolute Gasteiger partial charge is 0.0622 e. The first-order valence-corrected chi connectivity index (χ1v) is 13.6. The molecule has 0 aliphatic carbocycles. The highest BCUT2D eigenvalue weighted by Gasteiger charge is 2.17. The molecule has 0 aliphatic heterocycles. The minimum atomic E-state index is 1.24. The number of benzene rings is 7. The number of hydrogen-bond donors (Lipinski definition) is 0. The number of fused-ring (bicyclic) bond motifs is 4. The van der Waals surface area contributed by atoms with Crippen LogP contribution in [0.5, 0.6) is 0 Å². The lowest BCUT2D eigenvalue weighted by atomic mass is 9.88. The fourth-order valence-electron chi connectivity index (χ4n) is 5.53. The van der Waals surface area contributed by atoms with Gasteiger partial charge in [-0.05, 0) is 88.8 Å². The molecule has 7 aromatic rings. The van der Waals surface area contributed by atoms with Crippen LogP contribution in [-0.2, 0) is 0 Å². The SMILES string of the molecule is Ic1c(-c2ccc(-c3ccc4ccccc4c3)cc2)c2cccc(-c3ccccc3)c2c2ccccc12. The van der Waals surface area contributed by atoms with E-state index in [1.54, 1.807) is 0 Å². The van der Waals surface area contributed by atoms with E-state index in [0.717, 1.165) is 0 Å². The first-order chi connectivity index (χ1) is 18.3. The number of hydrogen-bond acceptors (Lipinski definition) is 0. The van der Waals surface area contributed by atoms with Gasteiger partial charge in [-0.25, -0.2) is 0 Å². The molecule has 37 heavy (non-hydrogen) atoms. The molecule has 0 unspecified atom stereocenters. The zero-order valence-electron chi connectivity index (χ0n) is 20.2. The molecular formula is C36H23I. The van der Waals surface area contributed by atoms with E-state index in [2.05, 4.69) is 162 Å². The summed E-state index contributed by atoms with van der Waals surface area (Å²) < 4.78 is 1.30. The van der Waals surface area contributed by atoms with Crippen molar-refractivity contribution in [3.63, 3.8) is 0 Å². The molecule has 0 aliphatic rings. The third-order valence-corrected chi connectivity index (χ3v) is 8.45. The minimum absolute atomic E-state index is 1.24. The number of halogens is 1. The summed E-state index contributed by atoms with van der Waals surface area (Å²) in [7, 11) is 0. The van der Waals surface area contributed by atoms with Gasteiger partial charge in [0, 0.05) is 9.13 Å². The van der Waals surface area contributed by atoms with Crippen LogP contribution in [0.1, 0.15) is 0 Å². The van der Waals surface area contributed by atoms with Crippen molar-refractivity contribution in [2.45, 2.75) is 0 Å². The van der Waals surface area contributed by atoms with Crippen LogP contribution >= 0.6 is 22.6 Å². The van der Waals surface area contributed by atoms with Crippen LogP contribution in [0.2, 0.25) is 0 Å². The zero-order chi connectivity index (χ0) is 24.8. The predicted octanol–water partition coefficient (Wildman–Crippen LogP) is 10.8. The molecule has 0 saturated heterocycles. The van der Waals surface area contributed by atoms with Crippen LogP contribution in [0.3, 0.4) is 0 Å². The van der Waals surface area contributed by atoms with Crippen LogP contribution in [-0.4, -0.2) is 0 Å². The Labute approximate surface area is 230 Å². The van der Waals surface area contributed by atoms with Crippen LogP contribution in [0.25, 0.3) is 65.7 Å². The van der Waals surface area contributed by atoms with Crippen molar-refractivity contribution in [1.82, 2.24) is 0 Å². The Kier molecular flexibility index (Phi) is 5.52. The molecule has 0 amide bonds. The maximum absolute atomic E-state index is 2.55. The van der Waals surface area contributed by atoms with E-state index in [4.69, 9.17) is 0 Å². The molecule has 0 N–H and O–H groups in total. The van der Waals surface area contributed by atoms with E-state index in [9.17, 15) is 0 Å². The summed E-state index contributed by atoms with van der Waals surface area (Å²) in [5.74, 6) is 0. The molecule has 0 atom stereocenters. The van der Waals surface area contributed by atoms with Crippen molar-refractivity contribution in [3.8, 4) is 33.4 Å². The molecule has 0 heterocycles. The van der Waals surface area contributed by atoms with Gasteiger partial charge in [-0.2, -0.15) is 0 Å². The lowest BCUT2D eigenvalue weighted by Crippen LogP contribution is -1.92. The standard InChI is InChI=1S/C36H23I/c37-36-32-14-7-6-13-31(32)35-30(26-10-2-1-3-11-26)15-8-16-33(35)34(36)27-20-17-25(18-21-27)29-22-19-24-9-4-5-12-28(24)23-29/h1-23H. The topological polar surface area (TPSA) is 0 Å². The molecular weight excluding hydrogens is 559 g/mol. The van der Waals surface area contributed by atoms with Crippen molar-refractivity contribution >= 4 is 54.9 Å². The smallest absolute Gasteiger partial charge is 0.0293 e. The fourth-order valence-corrected chi connectivity index (χ4v) is 6.61. The molecule has 174 valence electrons. The Morgan fingerprint density at radius 3 is 1.81 bits per heavy atom. The Hall–Kier alpha value is -3.95. The minimum Gasteiger partial charge on any atom is -0.0622 e. The average molecular weight is 582 g/mol. The van der Waals surface area contributed by atoms with Gasteiger partial charge in [0.15, 0.2) is 0 Å². The Morgan fingerprint density at radius 2 is 1.00 bits per heavy atom. The number of rotatable bonds is 3. The molecule has 0 nitrogen and oxygen atoms in total. The summed E-state index contributed by atoms with van der Waals surface area (Å²) in [6.45, 7) is 0. The predicted molar refractivity (Wildman–Crippen MR) is 168 cm³/mol. The first-order valence-electron chi connectivity index (χ1n) is 12.6. The van der Waals surface area contributed by atoms with Gasteiger partial charge >= 0.3 is 0 Å². The second kappa shape index (κ2) is 9.17. The second-order valence-corrected chi connectivity index (χ2v) is 10.5. The monoisotopic (exact) mass is 582 g/mol. The van der Waals surface area contributed by atoms with E-state index in [1.165, 1.54) is 69.3 Å². The van der Waals surface area contributed by atoms with E-state index in [1.807, 2.05) is 0 Å². The van der Waals surface area contributed by atoms with E-state index in [-0.39, 0.29) is 0 Å². The lowest BCUT2D eigenvalue weighted by molar-refractivity contribution is 1.61. The molecule has 1 heteroatoms. The van der Waals surface area contributed by atoms with E-state index >= 15 is 0 Å². The highest BCUT2D eigenvalue weighted by atomic mass is 127. The van der Waals surface area contributed by atoms with Crippen LogP contribution in [0.15, 0.2) is 140 Å². The van der Waals surface area contributed by atoms with Crippen molar-refractivity contribution in [2.75, 3.05) is 0 Å². The Morgan fingerprint density at radius 1 is 0.378 bits per heavy atom. The molecule has 0 saturated carbocycles. The molecule has 0 spiro atoms. The third kappa shape index (κ3) is 3.82. The summed E-state index contributed by atoms with van der Waals surface area (Å²) in [6, 6.07) is 50.6. The van der Waals surface area contributed by atoms with Crippen LogP contribution in [0, 0.1) is 3.57 Å². The Balaban J connectivity index is 1.44. The highest BCUT2D eigenvalue weighted by molar-refractivity contribution is 14.1. The average Bonchev–Trinajstić information content (AvgIpc) is 2.97. The normalized spacial score (nSPS) is 11.4. The van der Waals surface area contributed by atoms with Gasteiger partial charge in [0.25, 0.3) is 0 Å². The van der Waals surface area contributed by atoms with E-state index < -0.39 is 0 Å². The van der Waals surface area contributed by atoms with Crippen LogP contribution in [0.4, 0.5) is 0 Å². The first kappa shape index (κ1) is 22.3. The van der Waals surface area contributed by atoms with Crippen molar-refractivity contribution in [3.05, 3.63) is 143 Å². The molecule has 7 aromatic carbocycles.